The minimum Gasteiger partial charge on any atom is -0.481 e. The van der Waals surface area contributed by atoms with Crippen LogP contribution in [0.4, 0.5) is 0 Å². The van der Waals surface area contributed by atoms with Crippen LogP contribution >= 0.6 is 0 Å². The maximum absolute atomic E-state index is 11.0. The molecule has 0 aromatic carbocycles. The Morgan fingerprint density at radius 3 is 1.83 bits per heavy atom. The van der Waals surface area contributed by atoms with Crippen molar-refractivity contribution in [2.75, 3.05) is 0 Å². The lowest BCUT2D eigenvalue weighted by molar-refractivity contribution is -0.153. The Balaban J connectivity index is 3.78. The molecule has 18 heavy (non-hydrogen) atoms. The molecule has 4 heteroatoms. The highest BCUT2D eigenvalue weighted by Gasteiger charge is 2.29. The maximum atomic E-state index is 11.0. The van der Waals surface area contributed by atoms with Crippen molar-refractivity contribution in [2.24, 2.45) is 11.8 Å². The van der Waals surface area contributed by atoms with Gasteiger partial charge < -0.3 is 10.2 Å². The minimum atomic E-state index is -1.02. The van der Waals surface area contributed by atoms with Crippen LogP contribution in [0.5, 0.6) is 0 Å². The summed E-state index contributed by atoms with van der Waals surface area (Å²) in [6.45, 7) is 3.65. The number of aliphatic carboxylic acids is 2. The van der Waals surface area contributed by atoms with Crippen LogP contribution in [0.1, 0.15) is 65.2 Å². The Bertz CT molecular complexity index is 250. The zero-order chi connectivity index (χ0) is 14.0. The van der Waals surface area contributed by atoms with Gasteiger partial charge in [-0.1, -0.05) is 58.8 Å². The Morgan fingerprint density at radius 1 is 0.889 bits per heavy atom. The molecule has 2 atom stereocenters. The summed E-state index contributed by atoms with van der Waals surface area (Å²) in [5.41, 5.74) is 0. The Morgan fingerprint density at radius 2 is 1.39 bits per heavy atom. The molecule has 0 aliphatic rings. The lowest BCUT2D eigenvalue weighted by Gasteiger charge is -2.16. The fourth-order valence-corrected chi connectivity index (χ4v) is 2.08. The predicted octanol–water partition coefficient (Wildman–Crippen LogP) is 3.55. The molecule has 0 saturated heterocycles. The van der Waals surface area contributed by atoms with Crippen molar-refractivity contribution in [3.05, 3.63) is 0 Å². The van der Waals surface area contributed by atoms with E-state index in [0.717, 1.165) is 19.3 Å². The Labute approximate surface area is 109 Å². The molecule has 0 amide bonds. The third-order valence-electron chi connectivity index (χ3n) is 3.43. The average molecular weight is 258 g/mol. The smallest absolute Gasteiger partial charge is 0.307 e. The van der Waals surface area contributed by atoms with E-state index in [0.29, 0.717) is 6.42 Å². The molecule has 4 nitrogen and oxygen atoms in total. The Hall–Kier alpha value is -1.06. The average Bonchev–Trinajstić information content (AvgIpc) is 2.31. The number of hydrogen-bond acceptors (Lipinski definition) is 2. The standard InChI is InChI=1S/C14H26O4/c1-3-4-5-6-7-8-9-10-12(14(17)18)11(2)13(15)16/h11-12H,3-10H2,1-2H3,(H,15,16)(H,17,18). The second kappa shape index (κ2) is 9.92. The van der Waals surface area contributed by atoms with Gasteiger partial charge in [0.25, 0.3) is 0 Å². The molecule has 0 fully saturated rings. The van der Waals surface area contributed by atoms with E-state index < -0.39 is 23.8 Å². The minimum absolute atomic E-state index is 0.469. The topological polar surface area (TPSA) is 74.6 Å². The second-order valence-electron chi connectivity index (χ2n) is 4.98. The summed E-state index contributed by atoms with van der Waals surface area (Å²) in [6.07, 6.45) is 8.31. The summed E-state index contributed by atoms with van der Waals surface area (Å²) in [6, 6.07) is 0. The predicted molar refractivity (Wildman–Crippen MR) is 70.5 cm³/mol. The van der Waals surface area contributed by atoms with Gasteiger partial charge >= 0.3 is 11.9 Å². The largest absolute Gasteiger partial charge is 0.481 e. The lowest BCUT2D eigenvalue weighted by Crippen LogP contribution is -2.27. The van der Waals surface area contributed by atoms with Crippen molar-refractivity contribution in [2.45, 2.75) is 65.2 Å². The number of carboxylic acids is 2. The molecular formula is C14H26O4. The molecule has 0 aromatic heterocycles. The molecule has 0 radical (unpaired) electrons. The van der Waals surface area contributed by atoms with Gasteiger partial charge in [0, 0.05) is 0 Å². The van der Waals surface area contributed by atoms with Crippen LogP contribution in [0, 0.1) is 11.8 Å². The third kappa shape index (κ3) is 7.30. The van der Waals surface area contributed by atoms with E-state index in [9.17, 15) is 9.59 Å². The normalized spacial score (nSPS) is 14.1. The highest BCUT2D eigenvalue weighted by molar-refractivity contribution is 5.79. The number of hydrogen-bond donors (Lipinski definition) is 2. The molecule has 2 N–H and O–H groups in total. The van der Waals surface area contributed by atoms with Crippen molar-refractivity contribution in [1.29, 1.82) is 0 Å². The van der Waals surface area contributed by atoms with Crippen molar-refractivity contribution in [3.8, 4) is 0 Å². The van der Waals surface area contributed by atoms with Crippen molar-refractivity contribution >= 4 is 11.9 Å². The summed E-state index contributed by atoms with van der Waals surface area (Å²) in [4.78, 5) is 21.8. The maximum Gasteiger partial charge on any atom is 0.307 e. The van der Waals surface area contributed by atoms with E-state index >= 15 is 0 Å². The highest BCUT2D eigenvalue weighted by Crippen LogP contribution is 2.20. The quantitative estimate of drug-likeness (QED) is 0.556. The van der Waals surface area contributed by atoms with E-state index in [4.69, 9.17) is 10.2 Å². The number of carboxylic acid groups (broad SMARTS) is 2. The zero-order valence-electron chi connectivity index (χ0n) is 11.5. The van der Waals surface area contributed by atoms with Crippen LogP contribution in [0.2, 0.25) is 0 Å². The van der Waals surface area contributed by atoms with Crippen molar-refractivity contribution in [1.82, 2.24) is 0 Å². The molecule has 0 aliphatic carbocycles. The summed E-state index contributed by atoms with van der Waals surface area (Å²) in [5.74, 6) is -3.57. The first-order valence-corrected chi connectivity index (χ1v) is 6.96. The number of carbonyl (C=O) groups is 2. The molecule has 0 rings (SSSR count). The third-order valence-corrected chi connectivity index (χ3v) is 3.43. The molecule has 0 bridgehead atoms. The molecule has 0 spiro atoms. The lowest BCUT2D eigenvalue weighted by atomic mass is 9.89. The molecule has 2 unspecified atom stereocenters. The SMILES string of the molecule is CCCCCCCCCC(C(=O)O)C(C)C(=O)O. The van der Waals surface area contributed by atoms with Gasteiger partial charge in [0.1, 0.15) is 0 Å². The molecule has 0 aliphatic heterocycles. The molecule has 0 saturated carbocycles. The van der Waals surface area contributed by atoms with Crippen LogP contribution in [0.25, 0.3) is 0 Å². The van der Waals surface area contributed by atoms with Crippen LogP contribution in [-0.4, -0.2) is 22.2 Å². The number of unbranched alkanes of at least 4 members (excludes halogenated alkanes) is 6. The van der Waals surface area contributed by atoms with E-state index in [-0.39, 0.29) is 0 Å². The fraction of sp³-hybridized carbons (Fsp3) is 0.857. The van der Waals surface area contributed by atoms with Crippen molar-refractivity contribution < 1.29 is 19.8 Å². The Kier molecular flexibility index (Phi) is 9.33. The first kappa shape index (κ1) is 16.9. The molecule has 0 aromatic rings. The van der Waals surface area contributed by atoms with E-state index in [2.05, 4.69) is 6.92 Å². The monoisotopic (exact) mass is 258 g/mol. The summed E-state index contributed by atoms with van der Waals surface area (Å²) in [7, 11) is 0. The highest BCUT2D eigenvalue weighted by atomic mass is 16.4. The van der Waals surface area contributed by atoms with E-state index in [1.807, 2.05) is 0 Å². The number of rotatable bonds is 11. The first-order valence-electron chi connectivity index (χ1n) is 6.96. The van der Waals surface area contributed by atoms with Gasteiger partial charge in [0.15, 0.2) is 0 Å². The van der Waals surface area contributed by atoms with Gasteiger partial charge in [0.05, 0.1) is 11.8 Å². The van der Waals surface area contributed by atoms with Gasteiger partial charge in [-0.3, -0.25) is 9.59 Å². The van der Waals surface area contributed by atoms with Gasteiger partial charge in [-0.05, 0) is 6.42 Å². The van der Waals surface area contributed by atoms with Gasteiger partial charge in [-0.2, -0.15) is 0 Å². The summed E-state index contributed by atoms with van der Waals surface area (Å²) >= 11 is 0. The van der Waals surface area contributed by atoms with Crippen molar-refractivity contribution in [3.63, 3.8) is 0 Å². The first-order chi connectivity index (χ1) is 8.50. The summed E-state index contributed by atoms with van der Waals surface area (Å²) < 4.78 is 0. The van der Waals surface area contributed by atoms with Gasteiger partial charge in [-0.25, -0.2) is 0 Å². The second-order valence-corrected chi connectivity index (χ2v) is 4.98. The van der Waals surface area contributed by atoms with Gasteiger partial charge in [0.2, 0.25) is 0 Å². The molecular weight excluding hydrogens is 232 g/mol. The molecule has 106 valence electrons. The molecule has 0 heterocycles. The van der Waals surface area contributed by atoms with Crippen LogP contribution < -0.4 is 0 Å². The van der Waals surface area contributed by atoms with Crippen LogP contribution in [0.3, 0.4) is 0 Å². The van der Waals surface area contributed by atoms with E-state index in [1.54, 1.807) is 0 Å². The fourth-order valence-electron chi connectivity index (χ4n) is 2.08. The summed E-state index contributed by atoms with van der Waals surface area (Å²) in [5, 5.41) is 17.8. The van der Waals surface area contributed by atoms with Crippen LogP contribution in [0.15, 0.2) is 0 Å². The zero-order valence-corrected chi connectivity index (χ0v) is 11.5. The van der Waals surface area contributed by atoms with Gasteiger partial charge in [-0.15, -0.1) is 0 Å². The van der Waals surface area contributed by atoms with E-state index in [1.165, 1.54) is 32.6 Å². The van der Waals surface area contributed by atoms with Crippen LogP contribution in [-0.2, 0) is 9.59 Å².